The molecule has 114 valence electrons. The standard InChI is InChI=1S/C19H20FNO/c20-9-3-1-8(2-4-9)19(22)21-7-14-17-12-5-10-11-6-13(15(10)17)18(14)16(11)12/h1-4,10-18H,5-7H2,(H,21,22). The normalized spacial score (nSPS) is 51.4. The first-order valence-corrected chi connectivity index (χ1v) is 8.78. The molecule has 8 atom stereocenters. The topological polar surface area (TPSA) is 29.1 Å². The predicted molar refractivity (Wildman–Crippen MR) is 79.4 cm³/mol. The molecule has 0 aliphatic heterocycles. The SMILES string of the molecule is O=C(NCC1C2C3CC4C5CC(C42)C1C53)c1ccc(F)cc1. The van der Waals surface area contributed by atoms with Crippen molar-refractivity contribution in [3.8, 4) is 0 Å². The number of nitrogens with one attached hydrogen (secondary N) is 1. The number of hydrogen-bond acceptors (Lipinski definition) is 1. The van der Waals surface area contributed by atoms with Gasteiger partial charge in [0.15, 0.2) is 0 Å². The number of halogens is 1. The summed E-state index contributed by atoms with van der Waals surface area (Å²) in [5.74, 6) is 8.35. The van der Waals surface area contributed by atoms with E-state index in [1.807, 2.05) is 0 Å². The van der Waals surface area contributed by atoms with Crippen molar-refractivity contribution in [2.45, 2.75) is 12.8 Å². The quantitative estimate of drug-likeness (QED) is 0.913. The molecule has 2 nitrogen and oxygen atoms in total. The molecule has 0 saturated heterocycles. The molecule has 1 N–H and O–H groups in total. The Balaban J connectivity index is 1.20. The Labute approximate surface area is 129 Å². The Kier molecular flexibility index (Phi) is 2.06. The maximum Gasteiger partial charge on any atom is 0.251 e. The van der Waals surface area contributed by atoms with Gasteiger partial charge in [0.05, 0.1) is 0 Å². The second-order valence-electron chi connectivity index (χ2n) is 8.32. The second kappa shape index (κ2) is 3.74. The minimum absolute atomic E-state index is 0.0432. The molecule has 6 aliphatic rings. The average Bonchev–Trinajstić information content (AvgIpc) is 3.24. The van der Waals surface area contributed by atoms with Gasteiger partial charge in [-0.2, -0.15) is 0 Å². The molecule has 0 radical (unpaired) electrons. The highest BCUT2D eigenvalue weighted by Crippen LogP contribution is 2.84. The molecule has 6 fully saturated rings. The molecule has 0 spiro atoms. The van der Waals surface area contributed by atoms with Gasteiger partial charge in [0.25, 0.3) is 5.91 Å². The molecule has 3 heteroatoms. The van der Waals surface area contributed by atoms with Gasteiger partial charge in [-0.1, -0.05) is 0 Å². The van der Waals surface area contributed by atoms with Crippen LogP contribution in [0.1, 0.15) is 23.2 Å². The summed E-state index contributed by atoms with van der Waals surface area (Å²) in [5, 5.41) is 3.15. The van der Waals surface area contributed by atoms with Crippen LogP contribution in [0.3, 0.4) is 0 Å². The van der Waals surface area contributed by atoms with Gasteiger partial charge in [0.2, 0.25) is 0 Å². The Morgan fingerprint density at radius 1 is 0.955 bits per heavy atom. The molecule has 0 aromatic heterocycles. The van der Waals surface area contributed by atoms with Crippen LogP contribution < -0.4 is 5.32 Å². The van der Waals surface area contributed by atoms with Crippen molar-refractivity contribution in [2.75, 3.05) is 6.54 Å². The van der Waals surface area contributed by atoms with Crippen molar-refractivity contribution >= 4 is 5.91 Å². The van der Waals surface area contributed by atoms with Gasteiger partial charge in [0.1, 0.15) is 5.82 Å². The van der Waals surface area contributed by atoms with Crippen LogP contribution >= 0.6 is 0 Å². The molecule has 6 aliphatic carbocycles. The third-order valence-electron chi connectivity index (χ3n) is 8.09. The Bertz CT molecular complexity index is 643. The van der Waals surface area contributed by atoms with Crippen molar-refractivity contribution in [3.05, 3.63) is 35.6 Å². The molecule has 1 aromatic rings. The van der Waals surface area contributed by atoms with Gasteiger partial charge in [-0.15, -0.1) is 0 Å². The van der Waals surface area contributed by atoms with Crippen molar-refractivity contribution in [3.63, 3.8) is 0 Å². The Morgan fingerprint density at radius 2 is 1.55 bits per heavy atom. The van der Waals surface area contributed by atoms with Gasteiger partial charge in [-0.3, -0.25) is 4.79 Å². The lowest BCUT2D eigenvalue weighted by atomic mass is 9.71. The summed E-state index contributed by atoms with van der Waals surface area (Å²) in [5.41, 5.74) is 0.573. The van der Waals surface area contributed by atoms with Crippen LogP contribution in [0.15, 0.2) is 24.3 Å². The van der Waals surface area contributed by atoms with Crippen LogP contribution in [0, 0.1) is 59.1 Å². The summed E-state index contributed by atoms with van der Waals surface area (Å²) in [6.07, 6.45) is 3.00. The highest BCUT2D eigenvalue weighted by molar-refractivity contribution is 5.94. The molecule has 0 heterocycles. The van der Waals surface area contributed by atoms with Gasteiger partial charge in [-0.25, -0.2) is 4.39 Å². The predicted octanol–water partition coefficient (Wildman–Crippen LogP) is 2.95. The highest BCUT2D eigenvalue weighted by atomic mass is 19.1. The van der Waals surface area contributed by atoms with E-state index in [1.165, 1.54) is 25.0 Å². The van der Waals surface area contributed by atoms with Gasteiger partial charge >= 0.3 is 0 Å². The zero-order valence-electron chi connectivity index (χ0n) is 12.4. The van der Waals surface area contributed by atoms with E-state index in [4.69, 9.17) is 0 Å². The van der Waals surface area contributed by atoms with E-state index in [-0.39, 0.29) is 11.7 Å². The van der Waals surface area contributed by atoms with Crippen LogP contribution in [0.5, 0.6) is 0 Å². The number of carbonyl (C=O) groups excluding carboxylic acids is 1. The van der Waals surface area contributed by atoms with Gasteiger partial charge in [-0.05, 0) is 90.4 Å². The molecule has 8 unspecified atom stereocenters. The summed E-state index contributed by atoms with van der Waals surface area (Å²) in [6.45, 7) is 0.838. The monoisotopic (exact) mass is 297 g/mol. The van der Waals surface area contributed by atoms with Gasteiger partial charge in [0, 0.05) is 12.1 Å². The minimum Gasteiger partial charge on any atom is -0.352 e. The fourth-order valence-electron chi connectivity index (χ4n) is 8.00. The number of amides is 1. The lowest BCUT2D eigenvalue weighted by Crippen LogP contribution is -2.31. The van der Waals surface area contributed by atoms with Crippen LogP contribution in [-0.4, -0.2) is 12.5 Å². The van der Waals surface area contributed by atoms with E-state index in [9.17, 15) is 9.18 Å². The van der Waals surface area contributed by atoms with Crippen molar-refractivity contribution in [1.29, 1.82) is 0 Å². The van der Waals surface area contributed by atoms with Crippen LogP contribution in [-0.2, 0) is 0 Å². The summed E-state index contributed by atoms with van der Waals surface area (Å²) < 4.78 is 12.9. The zero-order valence-corrected chi connectivity index (χ0v) is 12.4. The third-order valence-corrected chi connectivity index (χ3v) is 8.09. The Morgan fingerprint density at radius 3 is 2.14 bits per heavy atom. The molecule has 22 heavy (non-hydrogen) atoms. The first-order valence-electron chi connectivity index (χ1n) is 8.78. The molecule has 6 bridgehead atoms. The average molecular weight is 297 g/mol. The fraction of sp³-hybridized carbons (Fsp3) is 0.632. The molecule has 6 saturated carbocycles. The molecule has 1 aromatic carbocycles. The summed E-state index contributed by atoms with van der Waals surface area (Å²) in [6, 6.07) is 5.87. The van der Waals surface area contributed by atoms with Crippen LogP contribution in [0.4, 0.5) is 4.39 Å². The number of benzene rings is 1. The molecular formula is C19H20FNO. The maximum absolute atomic E-state index is 12.9. The second-order valence-corrected chi connectivity index (χ2v) is 8.32. The van der Waals surface area contributed by atoms with Crippen molar-refractivity contribution < 1.29 is 9.18 Å². The lowest BCUT2D eigenvalue weighted by molar-refractivity contribution is 0.0942. The van der Waals surface area contributed by atoms with Crippen molar-refractivity contribution in [1.82, 2.24) is 5.32 Å². The van der Waals surface area contributed by atoms with E-state index in [2.05, 4.69) is 5.32 Å². The maximum atomic E-state index is 12.9. The molecular weight excluding hydrogens is 277 g/mol. The van der Waals surface area contributed by atoms with Crippen LogP contribution in [0.25, 0.3) is 0 Å². The summed E-state index contributed by atoms with van der Waals surface area (Å²) in [4.78, 5) is 12.3. The van der Waals surface area contributed by atoms with E-state index >= 15 is 0 Å². The summed E-state index contributed by atoms with van der Waals surface area (Å²) >= 11 is 0. The van der Waals surface area contributed by atoms with Gasteiger partial charge < -0.3 is 5.32 Å². The van der Waals surface area contributed by atoms with Crippen molar-refractivity contribution in [2.24, 2.45) is 53.3 Å². The van der Waals surface area contributed by atoms with E-state index in [0.717, 1.165) is 59.8 Å². The molecule has 1 amide bonds. The number of rotatable bonds is 3. The highest BCUT2D eigenvalue weighted by Gasteiger charge is 2.79. The third kappa shape index (κ3) is 1.19. The summed E-state index contributed by atoms with van der Waals surface area (Å²) in [7, 11) is 0. The molecule has 7 rings (SSSR count). The van der Waals surface area contributed by atoms with Crippen LogP contribution in [0.2, 0.25) is 0 Å². The Hall–Kier alpha value is -1.38. The van der Waals surface area contributed by atoms with E-state index in [0.29, 0.717) is 5.56 Å². The lowest BCUT2D eigenvalue weighted by Gasteiger charge is -2.33. The zero-order chi connectivity index (χ0) is 14.6. The first-order chi connectivity index (χ1) is 10.7. The minimum atomic E-state index is -0.290. The van der Waals surface area contributed by atoms with E-state index < -0.39 is 0 Å². The van der Waals surface area contributed by atoms with E-state index in [1.54, 1.807) is 12.1 Å². The largest absolute Gasteiger partial charge is 0.352 e. The number of carbonyl (C=O) groups is 1. The first kappa shape index (κ1) is 12.1. The smallest absolute Gasteiger partial charge is 0.251 e. The fourth-order valence-corrected chi connectivity index (χ4v) is 8.00. The number of hydrogen-bond donors (Lipinski definition) is 1.